The third-order valence-electron chi connectivity index (χ3n) is 5.66. The molecule has 4 rings (SSSR count). The van der Waals surface area contributed by atoms with E-state index in [4.69, 9.17) is 4.52 Å². The summed E-state index contributed by atoms with van der Waals surface area (Å²) in [5.41, 5.74) is 1.23. The lowest BCUT2D eigenvalue weighted by molar-refractivity contribution is 0.137. The average Bonchev–Trinajstić information content (AvgIpc) is 3.27. The van der Waals surface area contributed by atoms with Crippen molar-refractivity contribution in [2.24, 2.45) is 5.92 Å². The van der Waals surface area contributed by atoms with Crippen LogP contribution in [0, 0.1) is 5.92 Å². The van der Waals surface area contributed by atoms with Crippen molar-refractivity contribution >= 4 is 0 Å². The van der Waals surface area contributed by atoms with E-state index in [-0.39, 0.29) is 0 Å². The summed E-state index contributed by atoms with van der Waals surface area (Å²) in [6.07, 6.45) is 10.5. The minimum absolute atomic E-state index is 0.731. The van der Waals surface area contributed by atoms with Gasteiger partial charge in [-0.15, -0.1) is 0 Å². The van der Waals surface area contributed by atoms with Crippen LogP contribution in [-0.2, 0) is 13.0 Å². The second kappa shape index (κ2) is 7.47. The number of hydrogen-bond acceptors (Lipinski definition) is 4. The number of rotatable bonds is 5. The molecule has 0 bridgehead atoms. The summed E-state index contributed by atoms with van der Waals surface area (Å²) in [6, 6.07) is 11.1. The highest BCUT2D eigenvalue weighted by molar-refractivity contribution is 5.18. The van der Waals surface area contributed by atoms with E-state index in [2.05, 4.69) is 39.3 Å². The molecule has 0 spiro atoms. The van der Waals surface area contributed by atoms with Crippen LogP contribution in [0.2, 0.25) is 0 Å². The van der Waals surface area contributed by atoms with Crippen LogP contribution in [0.25, 0.3) is 0 Å². The van der Waals surface area contributed by atoms with Gasteiger partial charge in [0.15, 0.2) is 5.82 Å². The number of benzene rings is 1. The minimum atomic E-state index is 0.731. The SMILES string of the molecule is c1ccc(Cc2noc(CN3CCC[C@H]3C3CCCCC3)n2)cc1. The van der Waals surface area contributed by atoms with Crippen molar-refractivity contribution in [3.8, 4) is 0 Å². The van der Waals surface area contributed by atoms with Crippen molar-refractivity contribution in [1.29, 1.82) is 0 Å². The van der Waals surface area contributed by atoms with E-state index in [1.807, 2.05) is 6.07 Å². The molecule has 0 N–H and O–H groups in total. The van der Waals surface area contributed by atoms with Gasteiger partial charge in [0.05, 0.1) is 6.54 Å². The van der Waals surface area contributed by atoms with E-state index in [9.17, 15) is 0 Å². The molecular formula is C20H27N3O. The molecule has 1 aliphatic heterocycles. The van der Waals surface area contributed by atoms with Crippen molar-refractivity contribution in [2.75, 3.05) is 6.54 Å². The highest BCUT2D eigenvalue weighted by atomic mass is 16.5. The molecule has 1 saturated heterocycles. The first kappa shape index (κ1) is 15.8. The highest BCUT2D eigenvalue weighted by Crippen LogP contribution is 2.34. The van der Waals surface area contributed by atoms with Crippen LogP contribution >= 0.6 is 0 Å². The Labute approximate surface area is 144 Å². The molecule has 2 aliphatic rings. The monoisotopic (exact) mass is 325 g/mol. The maximum absolute atomic E-state index is 5.53. The Balaban J connectivity index is 1.38. The molecule has 128 valence electrons. The van der Waals surface area contributed by atoms with Crippen molar-refractivity contribution in [3.05, 3.63) is 47.6 Å². The lowest BCUT2D eigenvalue weighted by atomic mass is 9.83. The van der Waals surface area contributed by atoms with Crippen LogP contribution in [0.4, 0.5) is 0 Å². The fraction of sp³-hybridized carbons (Fsp3) is 0.600. The molecule has 1 aromatic carbocycles. The molecule has 1 aliphatic carbocycles. The summed E-state index contributed by atoms with van der Waals surface area (Å²) in [6.45, 7) is 2.00. The highest BCUT2D eigenvalue weighted by Gasteiger charge is 2.33. The fourth-order valence-corrected chi connectivity index (χ4v) is 4.48. The maximum Gasteiger partial charge on any atom is 0.240 e. The second-order valence-electron chi connectivity index (χ2n) is 7.34. The smallest absolute Gasteiger partial charge is 0.240 e. The van der Waals surface area contributed by atoms with Gasteiger partial charge in [0, 0.05) is 12.5 Å². The summed E-state index contributed by atoms with van der Waals surface area (Å²) in [5.74, 6) is 2.46. The molecule has 1 saturated carbocycles. The molecule has 24 heavy (non-hydrogen) atoms. The van der Waals surface area contributed by atoms with Crippen molar-refractivity contribution < 1.29 is 4.52 Å². The summed E-state index contributed by atoms with van der Waals surface area (Å²) < 4.78 is 5.53. The van der Waals surface area contributed by atoms with E-state index >= 15 is 0 Å². The number of nitrogens with zero attached hydrogens (tertiary/aromatic N) is 3. The third kappa shape index (κ3) is 3.69. The average molecular weight is 325 g/mol. The van der Waals surface area contributed by atoms with Gasteiger partial charge >= 0.3 is 0 Å². The van der Waals surface area contributed by atoms with Gasteiger partial charge in [-0.3, -0.25) is 4.90 Å². The van der Waals surface area contributed by atoms with Crippen LogP contribution in [0.1, 0.15) is 62.2 Å². The minimum Gasteiger partial charge on any atom is -0.338 e. The van der Waals surface area contributed by atoms with E-state index in [1.54, 1.807) is 0 Å². The molecule has 4 heteroatoms. The Kier molecular flexibility index (Phi) is 4.93. The second-order valence-corrected chi connectivity index (χ2v) is 7.34. The Morgan fingerprint density at radius 2 is 1.83 bits per heavy atom. The molecule has 2 fully saturated rings. The van der Waals surface area contributed by atoms with Crippen LogP contribution in [0.15, 0.2) is 34.9 Å². The van der Waals surface area contributed by atoms with Crippen molar-refractivity contribution in [2.45, 2.75) is 64.0 Å². The topological polar surface area (TPSA) is 42.2 Å². The third-order valence-corrected chi connectivity index (χ3v) is 5.66. The normalized spacial score (nSPS) is 22.9. The molecule has 1 atom stereocenters. The molecule has 0 unspecified atom stereocenters. The van der Waals surface area contributed by atoms with Crippen molar-refractivity contribution in [3.63, 3.8) is 0 Å². The first-order valence-corrected chi connectivity index (χ1v) is 9.48. The fourth-order valence-electron chi connectivity index (χ4n) is 4.48. The summed E-state index contributed by atoms with van der Waals surface area (Å²) in [7, 11) is 0. The number of likely N-dealkylation sites (tertiary alicyclic amines) is 1. The van der Waals surface area contributed by atoms with Gasteiger partial charge in [0.1, 0.15) is 0 Å². The molecule has 0 amide bonds. The number of hydrogen-bond donors (Lipinski definition) is 0. The van der Waals surface area contributed by atoms with Gasteiger partial charge in [0.2, 0.25) is 5.89 Å². The first-order chi connectivity index (χ1) is 11.9. The van der Waals surface area contributed by atoms with Gasteiger partial charge in [-0.2, -0.15) is 4.98 Å². The zero-order chi connectivity index (χ0) is 16.2. The lowest BCUT2D eigenvalue weighted by Gasteiger charge is -2.33. The maximum atomic E-state index is 5.53. The predicted octanol–water partition coefficient (Wildman–Crippen LogP) is 4.21. The Morgan fingerprint density at radius 3 is 2.67 bits per heavy atom. The zero-order valence-corrected chi connectivity index (χ0v) is 14.4. The molecule has 0 radical (unpaired) electrons. The largest absolute Gasteiger partial charge is 0.338 e. The van der Waals surface area contributed by atoms with E-state index in [0.717, 1.165) is 36.6 Å². The molecular weight excluding hydrogens is 298 g/mol. The molecule has 2 aromatic rings. The predicted molar refractivity (Wildman–Crippen MR) is 93.6 cm³/mol. The quantitative estimate of drug-likeness (QED) is 0.826. The Morgan fingerprint density at radius 1 is 1.00 bits per heavy atom. The van der Waals surface area contributed by atoms with E-state index in [1.165, 1.54) is 57.1 Å². The lowest BCUT2D eigenvalue weighted by Crippen LogP contribution is -2.36. The molecule has 4 nitrogen and oxygen atoms in total. The van der Waals surface area contributed by atoms with Crippen LogP contribution < -0.4 is 0 Å². The Hall–Kier alpha value is -1.68. The summed E-state index contributed by atoms with van der Waals surface area (Å²) in [5, 5.41) is 4.18. The first-order valence-electron chi connectivity index (χ1n) is 9.48. The van der Waals surface area contributed by atoms with Gasteiger partial charge < -0.3 is 4.52 Å². The van der Waals surface area contributed by atoms with Gasteiger partial charge in [-0.1, -0.05) is 54.8 Å². The van der Waals surface area contributed by atoms with Gasteiger partial charge in [-0.05, 0) is 43.7 Å². The summed E-state index contributed by atoms with van der Waals surface area (Å²) >= 11 is 0. The van der Waals surface area contributed by atoms with Crippen molar-refractivity contribution in [1.82, 2.24) is 15.0 Å². The Bertz CT molecular complexity index is 633. The zero-order valence-electron chi connectivity index (χ0n) is 14.4. The van der Waals surface area contributed by atoms with Gasteiger partial charge in [0.25, 0.3) is 0 Å². The van der Waals surface area contributed by atoms with Gasteiger partial charge in [-0.25, -0.2) is 0 Å². The van der Waals surface area contributed by atoms with Crippen LogP contribution in [0.5, 0.6) is 0 Å². The van der Waals surface area contributed by atoms with E-state index in [0.29, 0.717) is 0 Å². The molecule has 2 heterocycles. The number of aromatic nitrogens is 2. The summed E-state index contributed by atoms with van der Waals surface area (Å²) in [4.78, 5) is 7.22. The van der Waals surface area contributed by atoms with E-state index < -0.39 is 0 Å². The standard InChI is InChI=1S/C20H27N3O/c1-3-8-16(9-4-1)14-19-21-20(24-22-19)15-23-13-7-12-18(23)17-10-5-2-6-11-17/h1,3-4,8-9,17-18H,2,5-7,10-15H2/t18-/m0/s1. The van der Waals surface area contributed by atoms with Crippen LogP contribution in [0.3, 0.4) is 0 Å². The molecule has 1 aromatic heterocycles. The van der Waals surface area contributed by atoms with Crippen LogP contribution in [-0.4, -0.2) is 27.6 Å².